The van der Waals surface area contributed by atoms with Crippen molar-refractivity contribution in [2.75, 3.05) is 39.2 Å². The standard InChI is InChI=1S/C20H29FN2O/c1-23-10-7-20-6-4-3-5-15(20)18(23)12-14-11-17(22-9-8-21)19(24-2)13-16(14)20/h11,13,15,18,22H,3-10,12H2,1-2H3/t15-,18+,20+/m1/s1. The first-order valence-corrected chi connectivity index (χ1v) is 9.41. The fraction of sp³-hybridized carbons (Fsp3) is 0.700. The highest BCUT2D eigenvalue weighted by atomic mass is 19.1. The normalized spacial score (nSPS) is 32.0. The van der Waals surface area contributed by atoms with Gasteiger partial charge >= 0.3 is 0 Å². The summed E-state index contributed by atoms with van der Waals surface area (Å²) in [6, 6.07) is 5.17. The van der Waals surface area contributed by atoms with Gasteiger partial charge in [-0.1, -0.05) is 12.8 Å². The monoisotopic (exact) mass is 332 g/mol. The van der Waals surface area contributed by atoms with Crippen molar-refractivity contribution >= 4 is 5.69 Å². The van der Waals surface area contributed by atoms with Gasteiger partial charge in [-0.3, -0.25) is 0 Å². The van der Waals surface area contributed by atoms with E-state index < -0.39 is 0 Å². The fourth-order valence-electron chi connectivity index (χ4n) is 5.72. The number of ether oxygens (including phenoxy) is 1. The molecular weight excluding hydrogens is 303 g/mol. The van der Waals surface area contributed by atoms with Crippen LogP contribution in [0.5, 0.6) is 5.75 Å². The molecule has 1 aromatic carbocycles. The maximum Gasteiger partial charge on any atom is 0.142 e. The summed E-state index contributed by atoms with van der Waals surface area (Å²) in [6.45, 7) is 1.18. The lowest BCUT2D eigenvalue weighted by Crippen LogP contribution is -2.59. The number of likely N-dealkylation sites (N-methyl/N-ethyl adjacent to an activating group) is 1. The number of benzene rings is 1. The van der Waals surface area contributed by atoms with Gasteiger partial charge in [-0.05, 0) is 68.5 Å². The minimum Gasteiger partial charge on any atom is -0.495 e. The molecule has 4 rings (SSSR count). The molecule has 0 aromatic heterocycles. The second-order valence-corrected chi connectivity index (χ2v) is 7.84. The van der Waals surface area contributed by atoms with Crippen molar-refractivity contribution in [1.29, 1.82) is 0 Å². The first-order chi connectivity index (χ1) is 11.7. The maximum absolute atomic E-state index is 12.6. The van der Waals surface area contributed by atoms with Crippen molar-refractivity contribution in [2.45, 2.75) is 50.0 Å². The number of fused-ring (bicyclic) bond motifs is 1. The van der Waals surface area contributed by atoms with Crippen LogP contribution in [0.15, 0.2) is 12.1 Å². The van der Waals surface area contributed by atoms with Gasteiger partial charge in [-0.25, -0.2) is 4.39 Å². The minimum absolute atomic E-state index is 0.340. The van der Waals surface area contributed by atoms with Crippen molar-refractivity contribution in [3.8, 4) is 5.75 Å². The van der Waals surface area contributed by atoms with E-state index in [2.05, 4.69) is 29.4 Å². The summed E-state index contributed by atoms with van der Waals surface area (Å²) in [5, 5.41) is 3.20. The zero-order chi connectivity index (χ0) is 16.7. The van der Waals surface area contributed by atoms with Gasteiger partial charge in [0, 0.05) is 18.0 Å². The second-order valence-electron chi connectivity index (χ2n) is 7.84. The average Bonchev–Trinajstić information content (AvgIpc) is 2.62. The first-order valence-electron chi connectivity index (χ1n) is 9.41. The van der Waals surface area contributed by atoms with Gasteiger partial charge in [0.15, 0.2) is 0 Å². The first kappa shape index (κ1) is 16.2. The molecule has 1 saturated carbocycles. The van der Waals surface area contributed by atoms with E-state index in [9.17, 15) is 4.39 Å². The number of alkyl halides is 1. The Labute approximate surface area is 144 Å². The number of anilines is 1. The Balaban J connectivity index is 1.81. The number of nitrogens with one attached hydrogen (secondary N) is 1. The van der Waals surface area contributed by atoms with Gasteiger partial charge in [-0.2, -0.15) is 0 Å². The molecule has 3 aliphatic rings. The van der Waals surface area contributed by atoms with Crippen molar-refractivity contribution in [3.63, 3.8) is 0 Å². The molecule has 0 spiro atoms. The molecule has 2 aliphatic carbocycles. The summed E-state index contributed by atoms with van der Waals surface area (Å²) >= 11 is 0. The van der Waals surface area contributed by atoms with E-state index in [0.29, 0.717) is 18.0 Å². The maximum atomic E-state index is 12.6. The smallest absolute Gasteiger partial charge is 0.142 e. The zero-order valence-electron chi connectivity index (χ0n) is 14.9. The SMILES string of the molecule is COc1cc2c(cc1NCCF)C[C@H]1[C@H]3CCCC[C@@]23CCN1C. The van der Waals surface area contributed by atoms with Crippen LogP contribution in [-0.4, -0.2) is 44.9 Å². The molecule has 1 N–H and O–H groups in total. The Morgan fingerprint density at radius 3 is 3.00 bits per heavy atom. The van der Waals surface area contributed by atoms with Crippen molar-refractivity contribution < 1.29 is 9.13 Å². The molecule has 2 fully saturated rings. The largest absolute Gasteiger partial charge is 0.495 e. The Bertz CT molecular complexity index is 620. The van der Waals surface area contributed by atoms with E-state index in [1.165, 1.54) is 49.8 Å². The fourth-order valence-corrected chi connectivity index (χ4v) is 5.72. The summed E-state index contributed by atoms with van der Waals surface area (Å²) in [7, 11) is 4.01. The average molecular weight is 332 g/mol. The predicted molar refractivity (Wildman–Crippen MR) is 95.8 cm³/mol. The van der Waals surface area contributed by atoms with Crippen molar-refractivity contribution in [2.24, 2.45) is 5.92 Å². The van der Waals surface area contributed by atoms with Crippen LogP contribution in [0.1, 0.15) is 43.2 Å². The minimum atomic E-state index is -0.363. The van der Waals surface area contributed by atoms with Gasteiger partial charge < -0.3 is 15.0 Å². The molecule has 24 heavy (non-hydrogen) atoms. The van der Waals surface area contributed by atoms with Gasteiger partial charge in [-0.15, -0.1) is 0 Å². The Morgan fingerprint density at radius 2 is 2.21 bits per heavy atom. The highest BCUT2D eigenvalue weighted by Gasteiger charge is 2.53. The van der Waals surface area contributed by atoms with E-state index in [1.807, 2.05) is 0 Å². The molecule has 3 atom stereocenters. The quantitative estimate of drug-likeness (QED) is 0.908. The van der Waals surface area contributed by atoms with E-state index in [4.69, 9.17) is 4.74 Å². The zero-order valence-corrected chi connectivity index (χ0v) is 14.9. The van der Waals surface area contributed by atoms with E-state index in [1.54, 1.807) is 7.11 Å². The molecule has 2 bridgehead atoms. The predicted octanol–water partition coefficient (Wildman–Crippen LogP) is 3.76. The summed E-state index contributed by atoms with van der Waals surface area (Å²) in [4.78, 5) is 2.58. The van der Waals surface area contributed by atoms with E-state index in [-0.39, 0.29) is 6.67 Å². The number of methoxy groups -OCH3 is 1. The van der Waals surface area contributed by atoms with Crippen LogP contribution in [0, 0.1) is 5.92 Å². The third-order valence-electron chi connectivity index (χ3n) is 6.84. The van der Waals surface area contributed by atoms with Crippen LogP contribution in [0.3, 0.4) is 0 Å². The molecule has 1 heterocycles. The van der Waals surface area contributed by atoms with Crippen LogP contribution >= 0.6 is 0 Å². The number of hydrogen-bond acceptors (Lipinski definition) is 3. The lowest BCUT2D eigenvalue weighted by molar-refractivity contribution is 0.00277. The summed E-state index contributed by atoms with van der Waals surface area (Å²) in [5.41, 5.74) is 4.26. The molecular formula is C20H29FN2O. The van der Waals surface area contributed by atoms with E-state index in [0.717, 1.165) is 23.8 Å². The van der Waals surface area contributed by atoms with Crippen LogP contribution in [0.25, 0.3) is 0 Å². The lowest BCUT2D eigenvalue weighted by atomic mass is 9.52. The lowest BCUT2D eigenvalue weighted by Gasteiger charge is -2.58. The number of likely N-dealkylation sites (tertiary alicyclic amines) is 1. The number of hydrogen-bond donors (Lipinski definition) is 1. The number of nitrogens with zero attached hydrogens (tertiary/aromatic N) is 1. The van der Waals surface area contributed by atoms with Crippen LogP contribution < -0.4 is 10.1 Å². The third kappa shape index (κ3) is 2.33. The summed E-state index contributed by atoms with van der Waals surface area (Å²) < 4.78 is 18.3. The van der Waals surface area contributed by atoms with Crippen LogP contribution in [0.2, 0.25) is 0 Å². The second kappa shape index (κ2) is 6.21. The highest BCUT2D eigenvalue weighted by Crippen LogP contribution is 2.56. The molecule has 3 nitrogen and oxygen atoms in total. The molecule has 0 amide bonds. The molecule has 132 valence electrons. The van der Waals surface area contributed by atoms with Crippen LogP contribution in [0.4, 0.5) is 10.1 Å². The molecule has 0 unspecified atom stereocenters. The summed E-state index contributed by atoms with van der Waals surface area (Å²) in [6.07, 6.45) is 7.77. The third-order valence-corrected chi connectivity index (χ3v) is 6.84. The van der Waals surface area contributed by atoms with Crippen molar-refractivity contribution in [1.82, 2.24) is 4.90 Å². The Hall–Kier alpha value is -1.29. The van der Waals surface area contributed by atoms with Gasteiger partial charge in [0.25, 0.3) is 0 Å². The Kier molecular flexibility index (Phi) is 4.19. The number of halogens is 1. The van der Waals surface area contributed by atoms with E-state index >= 15 is 0 Å². The number of piperidine rings is 1. The number of rotatable bonds is 4. The molecule has 4 heteroatoms. The topological polar surface area (TPSA) is 24.5 Å². The Morgan fingerprint density at radius 1 is 1.33 bits per heavy atom. The van der Waals surface area contributed by atoms with Gasteiger partial charge in [0.1, 0.15) is 12.4 Å². The molecule has 1 aromatic rings. The van der Waals surface area contributed by atoms with Crippen molar-refractivity contribution in [3.05, 3.63) is 23.3 Å². The molecule has 1 aliphatic heterocycles. The summed E-state index contributed by atoms with van der Waals surface area (Å²) in [5.74, 6) is 1.66. The van der Waals surface area contributed by atoms with Crippen LogP contribution in [-0.2, 0) is 11.8 Å². The molecule has 0 radical (unpaired) electrons. The van der Waals surface area contributed by atoms with Gasteiger partial charge in [0.05, 0.1) is 12.8 Å². The van der Waals surface area contributed by atoms with Gasteiger partial charge in [0.2, 0.25) is 0 Å². The molecule has 1 saturated heterocycles. The highest BCUT2D eigenvalue weighted by molar-refractivity contribution is 5.62.